The van der Waals surface area contributed by atoms with E-state index in [2.05, 4.69) is 42.2 Å². The number of hydrogen-bond acceptors (Lipinski definition) is 3. The van der Waals surface area contributed by atoms with Crippen LogP contribution in [0.3, 0.4) is 0 Å². The van der Waals surface area contributed by atoms with E-state index in [9.17, 15) is 0 Å². The van der Waals surface area contributed by atoms with E-state index in [1.54, 1.807) is 7.11 Å². The van der Waals surface area contributed by atoms with Crippen molar-refractivity contribution < 1.29 is 4.74 Å². The summed E-state index contributed by atoms with van der Waals surface area (Å²) in [6.45, 7) is 0.921. The summed E-state index contributed by atoms with van der Waals surface area (Å²) in [6.07, 6.45) is 2.15. The molecule has 0 heterocycles. The average molecular weight is 234 g/mol. The Morgan fingerprint density at radius 3 is 2.12 bits per heavy atom. The Balaban J connectivity index is 2.96. The first-order chi connectivity index (χ1) is 8.02. The lowest BCUT2D eigenvalue weighted by atomic mass is 10.1. The number of rotatable bonds is 5. The lowest BCUT2D eigenvalue weighted by Crippen LogP contribution is -2.16. The van der Waals surface area contributed by atoms with Gasteiger partial charge in [-0.15, -0.1) is 0 Å². The number of benzene rings is 1. The maximum absolute atomic E-state index is 5.17. The van der Waals surface area contributed by atoms with Crippen molar-refractivity contribution in [2.75, 3.05) is 41.8 Å². The van der Waals surface area contributed by atoms with Gasteiger partial charge in [0.2, 0.25) is 0 Å². The van der Waals surface area contributed by atoms with Gasteiger partial charge in [0.05, 0.1) is 7.11 Å². The number of nitrogens with zero attached hydrogens (tertiary/aromatic N) is 2. The van der Waals surface area contributed by atoms with Gasteiger partial charge in [0, 0.05) is 26.8 Å². The van der Waals surface area contributed by atoms with Gasteiger partial charge in [-0.2, -0.15) is 0 Å². The highest BCUT2D eigenvalue weighted by Crippen LogP contribution is 2.19. The molecule has 3 nitrogen and oxygen atoms in total. The van der Waals surface area contributed by atoms with Crippen LogP contribution in [0.25, 0.3) is 5.57 Å². The summed E-state index contributed by atoms with van der Waals surface area (Å²) in [6, 6.07) is 8.18. The molecule has 0 aliphatic rings. The lowest BCUT2D eigenvalue weighted by molar-refractivity contribution is 0.414. The molecule has 0 aliphatic heterocycles. The lowest BCUT2D eigenvalue weighted by Gasteiger charge is -2.17. The molecule has 0 radical (unpaired) electrons. The Labute approximate surface area is 104 Å². The highest BCUT2D eigenvalue weighted by Gasteiger charge is 2.04. The molecule has 0 N–H and O–H groups in total. The Morgan fingerprint density at radius 1 is 1.12 bits per heavy atom. The Morgan fingerprint density at radius 2 is 1.71 bits per heavy atom. The third kappa shape index (κ3) is 4.49. The Kier molecular flexibility index (Phi) is 5.04. The van der Waals surface area contributed by atoms with E-state index in [4.69, 9.17) is 4.74 Å². The minimum Gasteiger partial charge on any atom is -0.497 e. The van der Waals surface area contributed by atoms with Crippen molar-refractivity contribution in [2.24, 2.45) is 0 Å². The zero-order chi connectivity index (χ0) is 12.8. The van der Waals surface area contributed by atoms with Gasteiger partial charge in [-0.3, -0.25) is 0 Å². The van der Waals surface area contributed by atoms with Gasteiger partial charge in [-0.1, -0.05) is 12.1 Å². The summed E-state index contributed by atoms with van der Waals surface area (Å²) in [5.74, 6) is 0.891. The fraction of sp³-hybridized carbons (Fsp3) is 0.429. The number of hydrogen-bond donors (Lipinski definition) is 0. The van der Waals surface area contributed by atoms with E-state index in [0.717, 1.165) is 12.3 Å². The predicted molar refractivity (Wildman–Crippen MR) is 73.2 cm³/mol. The van der Waals surface area contributed by atoms with Crippen LogP contribution in [-0.2, 0) is 0 Å². The van der Waals surface area contributed by atoms with Crippen LogP contribution in [0.5, 0.6) is 5.75 Å². The van der Waals surface area contributed by atoms with E-state index in [-0.39, 0.29) is 0 Å². The van der Waals surface area contributed by atoms with Gasteiger partial charge in [-0.05, 0) is 37.4 Å². The second-order valence-electron chi connectivity index (χ2n) is 4.58. The minimum absolute atomic E-state index is 0.891. The van der Waals surface area contributed by atoms with Crippen molar-refractivity contribution in [3.63, 3.8) is 0 Å². The quantitative estimate of drug-likeness (QED) is 0.776. The zero-order valence-electron chi connectivity index (χ0n) is 11.4. The van der Waals surface area contributed by atoms with Crippen LogP contribution in [0.4, 0.5) is 0 Å². The minimum atomic E-state index is 0.891. The summed E-state index contributed by atoms with van der Waals surface area (Å²) in [5.41, 5.74) is 2.52. The second-order valence-corrected chi connectivity index (χ2v) is 4.58. The SMILES string of the molecule is COc1ccc(/C(=C/N(C)C)CN(C)C)cc1. The van der Waals surface area contributed by atoms with Gasteiger partial charge in [0.1, 0.15) is 5.75 Å². The molecular weight excluding hydrogens is 212 g/mol. The highest BCUT2D eigenvalue weighted by atomic mass is 16.5. The molecule has 3 heteroatoms. The van der Waals surface area contributed by atoms with Gasteiger partial charge in [0.15, 0.2) is 0 Å². The molecule has 0 fully saturated rings. The maximum Gasteiger partial charge on any atom is 0.118 e. The molecule has 0 bridgehead atoms. The van der Waals surface area contributed by atoms with E-state index in [0.29, 0.717) is 0 Å². The van der Waals surface area contributed by atoms with Crippen LogP contribution >= 0.6 is 0 Å². The smallest absolute Gasteiger partial charge is 0.118 e. The molecule has 1 aromatic carbocycles. The predicted octanol–water partition coefficient (Wildman–Crippen LogP) is 2.16. The molecule has 0 amide bonds. The summed E-state index contributed by atoms with van der Waals surface area (Å²) >= 11 is 0. The molecule has 0 saturated heterocycles. The van der Waals surface area contributed by atoms with Crippen molar-refractivity contribution in [3.8, 4) is 5.75 Å². The standard InChI is InChI=1S/C14H22N2O/c1-15(2)10-13(11-16(3)4)12-6-8-14(17-5)9-7-12/h6-10H,11H2,1-5H3/b13-10+. The van der Waals surface area contributed by atoms with E-state index in [1.165, 1.54) is 11.1 Å². The third-order valence-corrected chi connectivity index (χ3v) is 2.36. The molecule has 0 atom stereocenters. The molecular formula is C14H22N2O. The maximum atomic E-state index is 5.17. The molecule has 0 spiro atoms. The molecule has 0 aliphatic carbocycles. The Bertz CT molecular complexity index is 366. The monoisotopic (exact) mass is 234 g/mol. The summed E-state index contributed by atoms with van der Waals surface area (Å²) < 4.78 is 5.17. The molecule has 0 aromatic heterocycles. The normalized spacial score (nSPS) is 11.8. The number of likely N-dealkylation sites (N-methyl/N-ethyl adjacent to an activating group) is 1. The van der Waals surface area contributed by atoms with Crippen LogP contribution < -0.4 is 4.74 Å². The first-order valence-electron chi connectivity index (χ1n) is 5.69. The first-order valence-corrected chi connectivity index (χ1v) is 5.69. The third-order valence-electron chi connectivity index (χ3n) is 2.36. The fourth-order valence-electron chi connectivity index (χ4n) is 1.66. The molecule has 1 aromatic rings. The van der Waals surface area contributed by atoms with Gasteiger partial charge >= 0.3 is 0 Å². The molecule has 94 valence electrons. The van der Waals surface area contributed by atoms with E-state index in [1.807, 2.05) is 26.2 Å². The first kappa shape index (κ1) is 13.6. The molecule has 0 unspecified atom stereocenters. The molecule has 0 saturated carbocycles. The number of ether oxygens (including phenoxy) is 1. The van der Waals surface area contributed by atoms with E-state index < -0.39 is 0 Å². The second kappa shape index (κ2) is 6.30. The van der Waals surface area contributed by atoms with Crippen molar-refractivity contribution in [2.45, 2.75) is 0 Å². The van der Waals surface area contributed by atoms with Crippen LogP contribution in [0.1, 0.15) is 5.56 Å². The van der Waals surface area contributed by atoms with Crippen molar-refractivity contribution in [3.05, 3.63) is 36.0 Å². The van der Waals surface area contributed by atoms with Crippen LogP contribution in [0.15, 0.2) is 30.5 Å². The van der Waals surface area contributed by atoms with Crippen LogP contribution in [0.2, 0.25) is 0 Å². The molecule has 17 heavy (non-hydrogen) atoms. The fourth-order valence-corrected chi connectivity index (χ4v) is 1.66. The van der Waals surface area contributed by atoms with Crippen LogP contribution in [0, 0.1) is 0 Å². The van der Waals surface area contributed by atoms with E-state index >= 15 is 0 Å². The largest absolute Gasteiger partial charge is 0.497 e. The van der Waals surface area contributed by atoms with Crippen LogP contribution in [-0.4, -0.2) is 51.6 Å². The van der Waals surface area contributed by atoms with Crippen molar-refractivity contribution in [1.29, 1.82) is 0 Å². The van der Waals surface area contributed by atoms with Gasteiger partial charge in [0.25, 0.3) is 0 Å². The summed E-state index contributed by atoms with van der Waals surface area (Å²) in [4.78, 5) is 4.24. The summed E-state index contributed by atoms with van der Waals surface area (Å²) in [7, 11) is 9.92. The van der Waals surface area contributed by atoms with Crippen molar-refractivity contribution >= 4 is 5.57 Å². The zero-order valence-corrected chi connectivity index (χ0v) is 11.4. The van der Waals surface area contributed by atoms with Gasteiger partial charge < -0.3 is 14.5 Å². The topological polar surface area (TPSA) is 15.7 Å². The highest BCUT2D eigenvalue weighted by molar-refractivity contribution is 5.67. The van der Waals surface area contributed by atoms with Crippen molar-refractivity contribution in [1.82, 2.24) is 9.80 Å². The van der Waals surface area contributed by atoms with Gasteiger partial charge in [-0.25, -0.2) is 0 Å². The summed E-state index contributed by atoms with van der Waals surface area (Å²) in [5, 5.41) is 0. The molecule has 1 rings (SSSR count). The number of methoxy groups -OCH3 is 1. The average Bonchev–Trinajstić information content (AvgIpc) is 2.27. The Hall–Kier alpha value is -1.48.